The summed E-state index contributed by atoms with van der Waals surface area (Å²) in [6.45, 7) is -0.0569. The van der Waals surface area contributed by atoms with E-state index in [-0.39, 0.29) is 12.2 Å². The lowest BCUT2D eigenvalue weighted by Gasteiger charge is -2.08. The molecule has 1 N–H and O–H groups in total. The third-order valence-corrected chi connectivity index (χ3v) is 6.47. The van der Waals surface area contributed by atoms with Crippen LogP contribution in [0.2, 0.25) is 0 Å². The zero-order valence-corrected chi connectivity index (χ0v) is 19.0. The van der Waals surface area contributed by atoms with Crippen molar-refractivity contribution >= 4 is 37.9 Å². The van der Waals surface area contributed by atoms with Gasteiger partial charge in [0.25, 0.3) is 5.56 Å². The molecule has 0 saturated carbocycles. The number of aryl methyl sites for hydroxylation is 3. The van der Waals surface area contributed by atoms with Gasteiger partial charge in [-0.1, -0.05) is 34.1 Å². The standard InChI is InChI=1S/C24H21BrN4O2/c1-27-22-9-6-15(21-11-17(13-30)29(3)26-21)10-19(22)20-12-18(24(31)28(2)23(20)27)14-4-7-16(25)8-5-14/h4-12,30H,13H2,1-3H3. The zero-order chi connectivity index (χ0) is 21.9. The molecule has 3 aromatic heterocycles. The molecule has 0 radical (unpaired) electrons. The highest BCUT2D eigenvalue weighted by Crippen LogP contribution is 2.33. The van der Waals surface area contributed by atoms with E-state index in [1.165, 1.54) is 0 Å². The summed E-state index contributed by atoms with van der Waals surface area (Å²) in [6.07, 6.45) is 0. The van der Waals surface area contributed by atoms with Crippen molar-refractivity contribution in [3.05, 3.63) is 75.1 Å². The second-order valence-electron chi connectivity index (χ2n) is 7.76. The molecule has 0 amide bonds. The molecule has 2 aromatic carbocycles. The maximum Gasteiger partial charge on any atom is 0.259 e. The summed E-state index contributed by atoms with van der Waals surface area (Å²) in [5.74, 6) is 0. The van der Waals surface area contributed by atoms with Gasteiger partial charge >= 0.3 is 0 Å². The summed E-state index contributed by atoms with van der Waals surface area (Å²) in [4.78, 5) is 13.2. The van der Waals surface area contributed by atoms with E-state index in [9.17, 15) is 9.90 Å². The monoisotopic (exact) mass is 476 g/mol. The highest BCUT2D eigenvalue weighted by molar-refractivity contribution is 9.10. The van der Waals surface area contributed by atoms with Gasteiger partial charge in [0.15, 0.2) is 0 Å². The highest BCUT2D eigenvalue weighted by Gasteiger charge is 2.17. The Bertz CT molecular complexity index is 1520. The van der Waals surface area contributed by atoms with Gasteiger partial charge in [-0.25, -0.2) is 0 Å². The number of aliphatic hydroxyl groups is 1. The van der Waals surface area contributed by atoms with Gasteiger partial charge in [0.1, 0.15) is 5.65 Å². The number of halogens is 1. The number of rotatable bonds is 3. The number of nitrogens with zero attached hydrogens (tertiary/aromatic N) is 4. The Morgan fingerprint density at radius 1 is 0.903 bits per heavy atom. The van der Waals surface area contributed by atoms with Crippen LogP contribution in [0.5, 0.6) is 0 Å². The summed E-state index contributed by atoms with van der Waals surface area (Å²) >= 11 is 3.46. The number of benzene rings is 2. The van der Waals surface area contributed by atoms with E-state index in [0.29, 0.717) is 5.56 Å². The van der Waals surface area contributed by atoms with Crippen LogP contribution in [0.25, 0.3) is 44.3 Å². The van der Waals surface area contributed by atoms with Crippen LogP contribution in [0, 0.1) is 0 Å². The molecule has 0 bridgehead atoms. The lowest BCUT2D eigenvalue weighted by molar-refractivity contribution is 0.270. The van der Waals surface area contributed by atoms with Gasteiger partial charge < -0.3 is 9.67 Å². The molecule has 3 heterocycles. The molecule has 0 unspecified atom stereocenters. The van der Waals surface area contributed by atoms with E-state index in [4.69, 9.17) is 0 Å². The molecule has 0 saturated heterocycles. The van der Waals surface area contributed by atoms with Crippen LogP contribution in [0.15, 0.2) is 63.9 Å². The van der Waals surface area contributed by atoms with Crippen molar-refractivity contribution in [3.8, 4) is 22.4 Å². The van der Waals surface area contributed by atoms with E-state index < -0.39 is 0 Å². The van der Waals surface area contributed by atoms with Crippen LogP contribution in [-0.2, 0) is 27.7 Å². The topological polar surface area (TPSA) is 65.0 Å². The van der Waals surface area contributed by atoms with Crippen molar-refractivity contribution in [2.45, 2.75) is 6.61 Å². The normalized spacial score (nSPS) is 11.6. The second kappa shape index (κ2) is 7.21. The summed E-state index contributed by atoms with van der Waals surface area (Å²) in [7, 11) is 5.62. The molecular formula is C24H21BrN4O2. The van der Waals surface area contributed by atoms with Crippen molar-refractivity contribution < 1.29 is 5.11 Å². The lowest BCUT2D eigenvalue weighted by Crippen LogP contribution is -2.20. The Balaban J connectivity index is 1.80. The molecule has 156 valence electrons. The fraction of sp³-hybridized carbons (Fsp3) is 0.167. The quantitative estimate of drug-likeness (QED) is 0.420. The maximum absolute atomic E-state index is 13.2. The number of hydrogen-bond acceptors (Lipinski definition) is 3. The van der Waals surface area contributed by atoms with Crippen molar-refractivity contribution in [2.24, 2.45) is 21.1 Å². The van der Waals surface area contributed by atoms with E-state index >= 15 is 0 Å². The summed E-state index contributed by atoms with van der Waals surface area (Å²) in [6, 6.07) is 17.9. The second-order valence-corrected chi connectivity index (χ2v) is 8.68. The number of aromatic nitrogens is 4. The van der Waals surface area contributed by atoms with Gasteiger partial charge in [-0.3, -0.25) is 14.0 Å². The van der Waals surface area contributed by atoms with Crippen LogP contribution in [-0.4, -0.2) is 24.0 Å². The van der Waals surface area contributed by atoms with Gasteiger partial charge in [0.05, 0.1) is 23.5 Å². The minimum Gasteiger partial charge on any atom is -0.390 e. The molecule has 0 atom stereocenters. The molecule has 7 heteroatoms. The molecule has 0 aliphatic heterocycles. The van der Waals surface area contributed by atoms with Gasteiger partial charge in [-0.2, -0.15) is 5.10 Å². The Morgan fingerprint density at radius 2 is 1.61 bits per heavy atom. The fourth-order valence-electron chi connectivity index (χ4n) is 4.28. The summed E-state index contributed by atoms with van der Waals surface area (Å²) in [5, 5.41) is 16.1. The van der Waals surface area contributed by atoms with Gasteiger partial charge in [-0.05, 0) is 42.0 Å². The average molecular weight is 477 g/mol. The van der Waals surface area contributed by atoms with Crippen LogP contribution < -0.4 is 5.56 Å². The Labute approximate surface area is 187 Å². The Morgan fingerprint density at radius 3 is 2.29 bits per heavy atom. The summed E-state index contributed by atoms with van der Waals surface area (Å²) < 4.78 is 6.44. The van der Waals surface area contributed by atoms with Gasteiger partial charge in [-0.15, -0.1) is 0 Å². The van der Waals surface area contributed by atoms with Crippen LogP contribution in [0.4, 0.5) is 0 Å². The molecular weight excluding hydrogens is 456 g/mol. The first-order chi connectivity index (χ1) is 14.9. The SMILES string of the molecule is Cn1nc(-c2ccc3c(c2)c2cc(-c4ccc(Br)cc4)c(=O)n(C)c2n3C)cc1CO. The largest absolute Gasteiger partial charge is 0.390 e. The van der Waals surface area contributed by atoms with Crippen molar-refractivity contribution in [3.63, 3.8) is 0 Å². The minimum atomic E-state index is -0.0569. The van der Waals surface area contributed by atoms with Crippen LogP contribution in [0.1, 0.15) is 5.69 Å². The molecule has 0 aliphatic rings. The first-order valence-electron chi connectivity index (χ1n) is 9.91. The van der Waals surface area contributed by atoms with Crippen molar-refractivity contribution in [1.29, 1.82) is 0 Å². The first-order valence-corrected chi connectivity index (χ1v) is 10.7. The molecule has 0 aliphatic carbocycles. The van der Waals surface area contributed by atoms with Crippen LogP contribution >= 0.6 is 15.9 Å². The van der Waals surface area contributed by atoms with E-state index in [1.54, 1.807) is 9.25 Å². The highest BCUT2D eigenvalue weighted by atomic mass is 79.9. The third-order valence-electron chi connectivity index (χ3n) is 5.94. The Hall–Kier alpha value is -3.16. The predicted octanol–water partition coefficient (Wildman–Crippen LogP) is 4.35. The Kier molecular flexibility index (Phi) is 4.60. The van der Waals surface area contributed by atoms with Crippen molar-refractivity contribution in [1.82, 2.24) is 18.9 Å². The summed E-state index contributed by atoms with van der Waals surface area (Å²) in [5.41, 5.74) is 5.97. The number of fused-ring (bicyclic) bond motifs is 3. The third kappa shape index (κ3) is 3.04. The number of aliphatic hydroxyl groups excluding tert-OH is 1. The van der Waals surface area contributed by atoms with Crippen LogP contribution in [0.3, 0.4) is 0 Å². The first kappa shape index (κ1) is 19.8. The van der Waals surface area contributed by atoms with E-state index in [0.717, 1.165) is 48.9 Å². The van der Waals surface area contributed by atoms with Gasteiger partial charge in [0, 0.05) is 47.5 Å². The van der Waals surface area contributed by atoms with E-state index in [1.807, 2.05) is 63.6 Å². The van der Waals surface area contributed by atoms with E-state index in [2.05, 4.69) is 37.7 Å². The smallest absolute Gasteiger partial charge is 0.259 e. The molecule has 5 aromatic rings. The number of hydrogen-bond donors (Lipinski definition) is 1. The molecule has 5 rings (SSSR count). The molecule has 31 heavy (non-hydrogen) atoms. The molecule has 0 fully saturated rings. The predicted molar refractivity (Wildman–Crippen MR) is 127 cm³/mol. The average Bonchev–Trinajstić information content (AvgIpc) is 3.28. The lowest BCUT2D eigenvalue weighted by atomic mass is 10.0. The molecule has 6 nitrogen and oxygen atoms in total. The molecule has 0 spiro atoms. The maximum atomic E-state index is 13.2. The van der Waals surface area contributed by atoms with Gasteiger partial charge in [0.2, 0.25) is 0 Å². The fourth-order valence-corrected chi connectivity index (χ4v) is 4.55. The van der Waals surface area contributed by atoms with Crippen molar-refractivity contribution in [2.75, 3.05) is 0 Å². The minimum absolute atomic E-state index is 0.0294. The number of pyridine rings is 1. The zero-order valence-electron chi connectivity index (χ0n) is 17.4.